The van der Waals surface area contributed by atoms with Gasteiger partial charge >= 0.3 is 5.69 Å². The van der Waals surface area contributed by atoms with E-state index in [2.05, 4.69) is 15.5 Å². The largest absolute Gasteiger partial charge is 0.489 e. The van der Waals surface area contributed by atoms with E-state index in [1.54, 1.807) is 30.3 Å². The van der Waals surface area contributed by atoms with Gasteiger partial charge in [-0.3, -0.25) is 15.5 Å². The van der Waals surface area contributed by atoms with Gasteiger partial charge in [0.25, 0.3) is 0 Å². The number of hydrogen-bond donors (Lipinski definition) is 1. The van der Waals surface area contributed by atoms with Gasteiger partial charge in [-0.25, -0.2) is 9.37 Å². The number of nitrogens with zero attached hydrogens (tertiary/aromatic N) is 3. The van der Waals surface area contributed by atoms with Gasteiger partial charge in [0, 0.05) is 12.3 Å². The fourth-order valence-electron chi connectivity index (χ4n) is 2.23. The second kappa shape index (κ2) is 8.52. The van der Waals surface area contributed by atoms with Crippen LogP contribution in [0.25, 0.3) is 0 Å². The molecule has 0 atom stereocenters. The number of hydrazone groups is 1. The van der Waals surface area contributed by atoms with Crippen LogP contribution in [-0.2, 0) is 6.61 Å². The van der Waals surface area contributed by atoms with E-state index in [1.165, 1.54) is 36.7 Å². The molecule has 0 spiro atoms. The van der Waals surface area contributed by atoms with Gasteiger partial charge in [-0.2, -0.15) is 5.10 Å². The molecule has 0 aliphatic carbocycles. The van der Waals surface area contributed by atoms with E-state index in [0.29, 0.717) is 12.4 Å². The minimum absolute atomic E-state index is 0.0578. The first-order valence-electron chi connectivity index (χ1n) is 7.97. The molecule has 3 rings (SSSR count). The molecule has 0 unspecified atom stereocenters. The number of pyridine rings is 1. The van der Waals surface area contributed by atoms with Crippen LogP contribution in [0.5, 0.6) is 5.75 Å². The van der Waals surface area contributed by atoms with Crippen molar-refractivity contribution in [2.24, 2.45) is 5.10 Å². The Labute approximate surface area is 154 Å². The zero-order valence-electron chi connectivity index (χ0n) is 14.1. The van der Waals surface area contributed by atoms with Gasteiger partial charge in [0.05, 0.1) is 11.1 Å². The average Bonchev–Trinajstić information content (AvgIpc) is 2.68. The molecule has 27 heavy (non-hydrogen) atoms. The maximum absolute atomic E-state index is 12.9. The predicted molar refractivity (Wildman–Crippen MR) is 99.3 cm³/mol. The van der Waals surface area contributed by atoms with Crippen LogP contribution in [-0.4, -0.2) is 16.1 Å². The van der Waals surface area contributed by atoms with Crippen LogP contribution in [0.1, 0.15) is 11.1 Å². The van der Waals surface area contributed by atoms with E-state index in [1.807, 2.05) is 6.07 Å². The van der Waals surface area contributed by atoms with Gasteiger partial charge in [-0.1, -0.05) is 24.3 Å². The minimum atomic E-state index is -0.533. The molecule has 0 amide bonds. The van der Waals surface area contributed by atoms with Crippen LogP contribution in [0.3, 0.4) is 0 Å². The third kappa shape index (κ3) is 5.08. The number of hydrogen-bond acceptors (Lipinski definition) is 6. The van der Waals surface area contributed by atoms with E-state index in [4.69, 9.17) is 4.74 Å². The molecular formula is C19H15FN4O3. The van der Waals surface area contributed by atoms with Crippen molar-refractivity contribution in [3.63, 3.8) is 0 Å². The van der Waals surface area contributed by atoms with E-state index < -0.39 is 4.92 Å². The number of rotatable bonds is 7. The Bertz CT molecular complexity index is 961. The Morgan fingerprint density at radius 3 is 2.78 bits per heavy atom. The zero-order chi connectivity index (χ0) is 19.1. The van der Waals surface area contributed by atoms with Crippen molar-refractivity contribution in [3.8, 4) is 5.75 Å². The first kappa shape index (κ1) is 18.0. The molecule has 0 saturated heterocycles. The number of nitro groups is 1. The van der Waals surface area contributed by atoms with Crippen LogP contribution in [0.4, 0.5) is 15.9 Å². The summed E-state index contributed by atoms with van der Waals surface area (Å²) in [6.07, 6.45) is 2.94. The quantitative estimate of drug-likeness (QED) is 0.385. The second-order valence-corrected chi connectivity index (χ2v) is 5.49. The summed E-state index contributed by atoms with van der Waals surface area (Å²) in [7, 11) is 0. The smallest absolute Gasteiger partial charge is 0.313 e. The number of halogens is 1. The molecule has 7 nitrogen and oxygen atoms in total. The van der Waals surface area contributed by atoms with Crippen molar-refractivity contribution in [1.29, 1.82) is 0 Å². The predicted octanol–water partition coefficient (Wildman–Crippen LogP) is 4.15. The molecule has 2 aromatic carbocycles. The highest BCUT2D eigenvalue weighted by Crippen LogP contribution is 2.20. The minimum Gasteiger partial charge on any atom is -0.489 e. The van der Waals surface area contributed by atoms with Crippen molar-refractivity contribution >= 4 is 17.7 Å². The van der Waals surface area contributed by atoms with Crippen LogP contribution in [0.2, 0.25) is 0 Å². The Balaban J connectivity index is 1.63. The summed E-state index contributed by atoms with van der Waals surface area (Å²) in [6.45, 7) is 0.305. The molecule has 1 heterocycles. The van der Waals surface area contributed by atoms with Crippen molar-refractivity contribution < 1.29 is 14.1 Å². The third-order valence-electron chi connectivity index (χ3n) is 3.54. The van der Waals surface area contributed by atoms with Gasteiger partial charge in [-0.05, 0) is 41.5 Å². The molecular weight excluding hydrogens is 351 g/mol. The fourth-order valence-corrected chi connectivity index (χ4v) is 2.23. The van der Waals surface area contributed by atoms with Crippen molar-refractivity contribution in [2.75, 3.05) is 5.43 Å². The summed E-state index contributed by atoms with van der Waals surface area (Å²) in [4.78, 5) is 14.3. The zero-order valence-corrected chi connectivity index (χ0v) is 14.1. The summed E-state index contributed by atoms with van der Waals surface area (Å²) in [5.74, 6) is 0.382. The summed E-state index contributed by atoms with van der Waals surface area (Å²) in [5.41, 5.74) is 3.99. The summed E-state index contributed by atoms with van der Waals surface area (Å²) >= 11 is 0. The molecule has 0 fully saturated rings. The number of ether oxygens (including phenoxy) is 1. The number of anilines is 1. The normalized spacial score (nSPS) is 10.7. The highest BCUT2D eigenvalue weighted by Gasteiger charge is 2.12. The maximum Gasteiger partial charge on any atom is 0.313 e. The second-order valence-electron chi connectivity index (χ2n) is 5.49. The van der Waals surface area contributed by atoms with Crippen molar-refractivity contribution in [1.82, 2.24) is 4.98 Å². The van der Waals surface area contributed by atoms with Gasteiger partial charge in [-0.15, -0.1) is 0 Å². The highest BCUT2D eigenvalue weighted by molar-refractivity contribution is 5.81. The molecule has 0 aliphatic rings. The molecule has 3 aromatic rings. The number of benzene rings is 2. The lowest BCUT2D eigenvalue weighted by Crippen LogP contribution is -1.99. The lowest BCUT2D eigenvalue weighted by Gasteiger charge is -2.07. The summed E-state index contributed by atoms with van der Waals surface area (Å²) in [5, 5.41) is 14.9. The van der Waals surface area contributed by atoms with Crippen LogP contribution < -0.4 is 10.2 Å². The highest BCUT2D eigenvalue weighted by atomic mass is 19.1. The van der Waals surface area contributed by atoms with Crippen LogP contribution in [0.15, 0.2) is 72.0 Å². The molecule has 136 valence electrons. The summed E-state index contributed by atoms with van der Waals surface area (Å²) in [6, 6.07) is 16.1. The number of nitrogens with one attached hydrogen (secondary N) is 1. The number of aromatic nitrogens is 1. The molecule has 0 aliphatic heterocycles. The molecule has 0 bridgehead atoms. The van der Waals surface area contributed by atoms with Crippen LogP contribution in [0, 0.1) is 15.9 Å². The SMILES string of the molecule is O=[N+]([O-])c1cccnc1N/N=C\c1cccc(OCc2ccc(F)cc2)c1. The van der Waals surface area contributed by atoms with E-state index in [-0.39, 0.29) is 17.3 Å². The lowest BCUT2D eigenvalue weighted by atomic mass is 10.2. The van der Waals surface area contributed by atoms with Gasteiger partial charge < -0.3 is 4.74 Å². The Hall–Kier alpha value is -3.81. The topological polar surface area (TPSA) is 89.7 Å². The third-order valence-corrected chi connectivity index (χ3v) is 3.54. The molecule has 8 heteroatoms. The van der Waals surface area contributed by atoms with Crippen molar-refractivity contribution in [2.45, 2.75) is 6.61 Å². The monoisotopic (exact) mass is 366 g/mol. The van der Waals surface area contributed by atoms with Gasteiger partial charge in [0.1, 0.15) is 18.2 Å². The Kier molecular flexibility index (Phi) is 5.68. The lowest BCUT2D eigenvalue weighted by molar-refractivity contribution is -0.384. The molecule has 0 radical (unpaired) electrons. The Morgan fingerprint density at radius 1 is 1.19 bits per heavy atom. The van der Waals surface area contributed by atoms with E-state index in [0.717, 1.165) is 11.1 Å². The standard InChI is InChI=1S/C19H15FN4O3/c20-16-8-6-14(7-9-16)13-27-17-4-1-3-15(11-17)12-22-23-19-18(24(25)26)5-2-10-21-19/h1-12H,13H2,(H,21,23)/b22-12-. The first-order chi connectivity index (χ1) is 13.1. The van der Waals surface area contributed by atoms with E-state index in [9.17, 15) is 14.5 Å². The molecule has 1 aromatic heterocycles. The van der Waals surface area contributed by atoms with Gasteiger partial charge in [0.2, 0.25) is 5.82 Å². The fraction of sp³-hybridized carbons (Fsp3) is 0.0526. The molecule has 0 saturated carbocycles. The van der Waals surface area contributed by atoms with E-state index >= 15 is 0 Å². The maximum atomic E-state index is 12.9. The Morgan fingerprint density at radius 2 is 2.00 bits per heavy atom. The van der Waals surface area contributed by atoms with Gasteiger partial charge in [0.15, 0.2) is 0 Å². The van der Waals surface area contributed by atoms with Crippen LogP contribution >= 0.6 is 0 Å². The first-order valence-corrected chi connectivity index (χ1v) is 7.97. The molecule has 1 N–H and O–H groups in total. The average molecular weight is 366 g/mol. The summed E-state index contributed by atoms with van der Waals surface area (Å²) < 4.78 is 18.6. The van der Waals surface area contributed by atoms with Crippen molar-refractivity contribution in [3.05, 3.63) is 93.9 Å².